The van der Waals surface area contributed by atoms with E-state index < -0.39 is 0 Å². The van der Waals surface area contributed by atoms with Crippen LogP contribution in [-0.2, 0) is 4.74 Å². The van der Waals surface area contributed by atoms with Crippen LogP contribution in [0.25, 0.3) is 0 Å². The van der Waals surface area contributed by atoms with E-state index in [1.54, 1.807) is 24.3 Å². The van der Waals surface area contributed by atoms with Crippen LogP contribution in [0.3, 0.4) is 0 Å². The molecule has 1 aromatic rings. The summed E-state index contributed by atoms with van der Waals surface area (Å²) in [4.78, 5) is 10.4. The van der Waals surface area contributed by atoms with E-state index in [-0.39, 0.29) is 6.79 Å². The lowest BCUT2D eigenvalue weighted by atomic mass is 10.2. The minimum absolute atomic E-state index is 0.289. The lowest BCUT2D eigenvalue weighted by Crippen LogP contribution is -2.04. The van der Waals surface area contributed by atoms with Gasteiger partial charge in [-0.15, -0.1) is 0 Å². The highest BCUT2D eigenvalue weighted by Crippen LogP contribution is 2.28. The van der Waals surface area contributed by atoms with Crippen LogP contribution >= 0.6 is 0 Å². The Morgan fingerprint density at radius 3 is 2.60 bits per heavy atom. The largest absolute Gasteiger partial charge is 0.468 e. The van der Waals surface area contributed by atoms with Crippen LogP contribution in [0, 0.1) is 5.92 Å². The zero-order chi connectivity index (χ0) is 10.5. The van der Waals surface area contributed by atoms with E-state index in [9.17, 15) is 4.79 Å². The van der Waals surface area contributed by atoms with Crippen molar-refractivity contribution in [2.75, 3.05) is 13.4 Å². The van der Waals surface area contributed by atoms with Crippen LogP contribution in [0.1, 0.15) is 23.2 Å². The molecule has 1 aromatic carbocycles. The monoisotopic (exact) mass is 206 g/mol. The molecule has 80 valence electrons. The molecule has 1 saturated carbocycles. The number of carbonyl (C=O) groups is 1. The molecular weight excluding hydrogens is 192 g/mol. The first-order valence-electron chi connectivity index (χ1n) is 5.14. The third-order valence-corrected chi connectivity index (χ3v) is 2.38. The number of benzene rings is 1. The van der Waals surface area contributed by atoms with Crippen LogP contribution in [0.5, 0.6) is 5.75 Å². The first kappa shape index (κ1) is 10.2. The molecule has 0 radical (unpaired) electrons. The predicted octanol–water partition coefficient (Wildman–Crippen LogP) is 2.26. The van der Waals surface area contributed by atoms with Gasteiger partial charge >= 0.3 is 0 Å². The summed E-state index contributed by atoms with van der Waals surface area (Å²) in [5, 5.41) is 0. The van der Waals surface area contributed by atoms with Gasteiger partial charge in [0, 0.05) is 5.56 Å². The van der Waals surface area contributed by atoms with Crippen molar-refractivity contribution in [2.24, 2.45) is 5.92 Å². The van der Waals surface area contributed by atoms with Crippen molar-refractivity contribution in [2.45, 2.75) is 12.8 Å². The Bertz CT molecular complexity index is 314. The maximum Gasteiger partial charge on any atom is 0.189 e. The third-order valence-electron chi connectivity index (χ3n) is 2.38. The van der Waals surface area contributed by atoms with Crippen LogP contribution in [-0.4, -0.2) is 19.7 Å². The van der Waals surface area contributed by atoms with Gasteiger partial charge in [0.1, 0.15) is 12.0 Å². The summed E-state index contributed by atoms with van der Waals surface area (Å²) in [6, 6.07) is 6.99. The molecule has 15 heavy (non-hydrogen) atoms. The molecule has 1 fully saturated rings. The van der Waals surface area contributed by atoms with Crippen LogP contribution in [0.15, 0.2) is 24.3 Å². The quantitative estimate of drug-likeness (QED) is 0.407. The molecule has 1 aliphatic carbocycles. The van der Waals surface area contributed by atoms with Crippen molar-refractivity contribution < 1.29 is 14.3 Å². The Labute approximate surface area is 89.0 Å². The van der Waals surface area contributed by atoms with Gasteiger partial charge < -0.3 is 9.47 Å². The fraction of sp³-hybridized carbons (Fsp3) is 0.417. The van der Waals surface area contributed by atoms with Crippen LogP contribution < -0.4 is 4.74 Å². The Morgan fingerprint density at radius 1 is 1.27 bits per heavy atom. The first-order valence-corrected chi connectivity index (χ1v) is 5.14. The van der Waals surface area contributed by atoms with Crippen molar-refractivity contribution >= 4 is 6.29 Å². The van der Waals surface area contributed by atoms with E-state index in [4.69, 9.17) is 9.47 Å². The molecule has 1 aliphatic rings. The Balaban J connectivity index is 1.69. The average molecular weight is 206 g/mol. The van der Waals surface area contributed by atoms with E-state index in [2.05, 4.69) is 0 Å². The summed E-state index contributed by atoms with van der Waals surface area (Å²) in [5.41, 5.74) is 0.654. The van der Waals surface area contributed by atoms with Gasteiger partial charge in [-0.2, -0.15) is 0 Å². The Kier molecular flexibility index (Phi) is 3.35. The van der Waals surface area contributed by atoms with Crippen molar-refractivity contribution in [3.63, 3.8) is 0 Å². The number of hydrogen-bond acceptors (Lipinski definition) is 3. The fourth-order valence-corrected chi connectivity index (χ4v) is 1.25. The maximum absolute atomic E-state index is 10.4. The number of carbonyl (C=O) groups excluding carboxylic acids is 1. The van der Waals surface area contributed by atoms with E-state index in [0.717, 1.165) is 24.6 Å². The fourth-order valence-electron chi connectivity index (χ4n) is 1.25. The topological polar surface area (TPSA) is 35.5 Å². The predicted molar refractivity (Wildman–Crippen MR) is 56.0 cm³/mol. The van der Waals surface area contributed by atoms with E-state index in [0.29, 0.717) is 5.56 Å². The second kappa shape index (κ2) is 4.94. The lowest BCUT2D eigenvalue weighted by Gasteiger charge is -2.06. The average Bonchev–Trinajstić information content (AvgIpc) is 3.09. The first-order chi connectivity index (χ1) is 7.38. The number of rotatable bonds is 6. The molecule has 0 bridgehead atoms. The number of ether oxygens (including phenoxy) is 2. The molecule has 0 amide bonds. The molecule has 0 N–H and O–H groups in total. The molecule has 0 saturated heterocycles. The maximum atomic E-state index is 10.4. The third kappa shape index (κ3) is 3.36. The minimum atomic E-state index is 0.289. The normalized spacial score (nSPS) is 14.9. The van der Waals surface area contributed by atoms with Gasteiger partial charge in [-0.1, -0.05) is 0 Å². The molecule has 0 spiro atoms. The molecule has 3 nitrogen and oxygen atoms in total. The summed E-state index contributed by atoms with van der Waals surface area (Å²) < 4.78 is 10.7. The van der Waals surface area contributed by atoms with Gasteiger partial charge in [0.2, 0.25) is 0 Å². The zero-order valence-corrected chi connectivity index (χ0v) is 8.52. The summed E-state index contributed by atoms with van der Waals surface area (Å²) in [7, 11) is 0. The second-order valence-corrected chi connectivity index (χ2v) is 3.76. The summed E-state index contributed by atoms with van der Waals surface area (Å²) in [5.74, 6) is 1.49. The highest BCUT2D eigenvalue weighted by atomic mass is 16.7. The van der Waals surface area contributed by atoms with Gasteiger partial charge in [-0.05, 0) is 43.0 Å². The summed E-state index contributed by atoms with van der Waals surface area (Å²) in [6.45, 7) is 1.09. The Hall–Kier alpha value is -1.35. The van der Waals surface area contributed by atoms with Gasteiger partial charge in [-0.25, -0.2) is 0 Å². The number of aldehydes is 1. The second-order valence-electron chi connectivity index (χ2n) is 3.76. The highest BCUT2D eigenvalue weighted by Gasteiger charge is 2.20. The van der Waals surface area contributed by atoms with Crippen LogP contribution in [0.4, 0.5) is 0 Å². The zero-order valence-electron chi connectivity index (χ0n) is 8.52. The van der Waals surface area contributed by atoms with Crippen LogP contribution in [0.2, 0.25) is 0 Å². The van der Waals surface area contributed by atoms with Gasteiger partial charge in [-0.3, -0.25) is 4.79 Å². The summed E-state index contributed by atoms with van der Waals surface area (Å²) >= 11 is 0. The van der Waals surface area contributed by atoms with Crippen molar-refractivity contribution in [3.05, 3.63) is 29.8 Å². The van der Waals surface area contributed by atoms with Crippen molar-refractivity contribution in [3.8, 4) is 5.75 Å². The molecule has 0 unspecified atom stereocenters. The molecule has 0 aromatic heterocycles. The van der Waals surface area contributed by atoms with E-state index in [1.807, 2.05) is 0 Å². The molecule has 0 heterocycles. The smallest absolute Gasteiger partial charge is 0.189 e. The minimum Gasteiger partial charge on any atom is -0.468 e. The SMILES string of the molecule is O=Cc1ccc(OCOCC2CC2)cc1. The molecule has 2 rings (SSSR count). The molecule has 0 atom stereocenters. The number of hydrogen-bond donors (Lipinski definition) is 0. The highest BCUT2D eigenvalue weighted by molar-refractivity contribution is 5.74. The Morgan fingerprint density at radius 2 is 2.00 bits per heavy atom. The summed E-state index contributed by atoms with van der Waals surface area (Å²) in [6.07, 6.45) is 3.38. The molecule has 0 aliphatic heterocycles. The van der Waals surface area contributed by atoms with E-state index >= 15 is 0 Å². The standard InChI is InChI=1S/C12H14O3/c13-7-10-3-5-12(6-4-10)15-9-14-8-11-1-2-11/h3-7,11H,1-2,8-9H2. The van der Waals surface area contributed by atoms with Gasteiger partial charge in [0.25, 0.3) is 0 Å². The molecule has 3 heteroatoms. The van der Waals surface area contributed by atoms with Crippen molar-refractivity contribution in [1.29, 1.82) is 0 Å². The van der Waals surface area contributed by atoms with Crippen molar-refractivity contribution in [1.82, 2.24) is 0 Å². The van der Waals surface area contributed by atoms with Gasteiger partial charge in [0.05, 0.1) is 6.61 Å². The molecular formula is C12H14O3. The lowest BCUT2D eigenvalue weighted by molar-refractivity contribution is 0.00998. The van der Waals surface area contributed by atoms with Gasteiger partial charge in [0.15, 0.2) is 6.79 Å². The van der Waals surface area contributed by atoms with E-state index in [1.165, 1.54) is 12.8 Å².